The molecule has 7 nitrogen and oxygen atoms in total. The molecule has 1 fully saturated rings. The smallest absolute Gasteiger partial charge is 0.387 e. The van der Waals surface area contributed by atoms with Crippen molar-refractivity contribution in [1.29, 1.82) is 0 Å². The summed E-state index contributed by atoms with van der Waals surface area (Å²) in [4.78, 5) is 8.15. The minimum Gasteiger partial charge on any atom is -0.491 e. The fourth-order valence-corrected chi connectivity index (χ4v) is 3.08. The summed E-state index contributed by atoms with van der Waals surface area (Å²) in [7, 11) is 0. The van der Waals surface area contributed by atoms with Crippen LogP contribution in [0.5, 0.6) is 17.5 Å². The molecule has 0 saturated heterocycles. The first kappa shape index (κ1) is 19.0. The fourth-order valence-electron chi connectivity index (χ4n) is 3.08. The van der Waals surface area contributed by atoms with Gasteiger partial charge in [-0.25, -0.2) is 18.7 Å². The van der Waals surface area contributed by atoms with Gasteiger partial charge in [-0.2, -0.15) is 8.78 Å². The van der Waals surface area contributed by atoms with Crippen molar-refractivity contribution < 1.29 is 36.7 Å². The minimum atomic E-state index is -3.16. The topological polar surface area (TPSA) is 90.5 Å². The average molecular weight is 411 g/mol. The lowest BCUT2D eigenvalue weighted by atomic mass is 9.77. The standard InChI is InChI=1S/C18H13F4N3O4/c19-11-3-10(28-18(21)22)4-12(20)17(11)8-1-9(2-8)27-16-7-23-13(6-24-16)14-5-15(26)25-29-14/h3-9,18H,1-2H2,(H,25,26)/t8-,9+. The molecule has 11 heteroatoms. The molecule has 1 saturated carbocycles. The van der Waals surface area contributed by atoms with Gasteiger partial charge in [-0.05, 0) is 23.9 Å². The molecule has 3 aromatic rings. The van der Waals surface area contributed by atoms with Gasteiger partial charge >= 0.3 is 6.61 Å². The number of nitrogens with zero attached hydrogens (tertiary/aromatic N) is 3. The van der Waals surface area contributed by atoms with E-state index in [-0.39, 0.29) is 29.2 Å². The Hall–Kier alpha value is -3.37. The van der Waals surface area contributed by atoms with Crippen LogP contribution >= 0.6 is 0 Å². The van der Waals surface area contributed by atoms with Crippen LogP contribution in [0.2, 0.25) is 0 Å². The van der Waals surface area contributed by atoms with E-state index in [0.29, 0.717) is 18.5 Å². The van der Waals surface area contributed by atoms with Crippen LogP contribution in [-0.4, -0.2) is 32.9 Å². The van der Waals surface area contributed by atoms with Crippen LogP contribution < -0.4 is 9.47 Å². The molecule has 0 amide bonds. The molecule has 0 spiro atoms. The van der Waals surface area contributed by atoms with Crippen LogP contribution in [0.15, 0.2) is 35.1 Å². The van der Waals surface area contributed by atoms with Gasteiger partial charge in [0, 0.05) is 17.7 Å². The predicted molar refractivity (Wildman–Crippen MR) is 88.6 cm³/mol. The zero-order chi connectivity index (χ0) is 20.5. The van der Waals surface area contributed by atoms with Crippen LogP contribution in [0.1, 0.15) is 24.3 Å². The summed E-state index contributed by atoms with van der Waals surface area (Å²) >= 11 is 0. The Kier molecular flexibility index (Phi) is 4.95. The third kappa shape index (κ3) is 4.08. The van der Waals surface area contributed by atoms with E-state index in [1.807, 2.05) is 0 Å². The van der Waals surface area contributed by atoms with Crippen molar-refractivity contribution in [3.8, 4) is 29.0 Å². The van der Waals surface area contributed by atoms with Crippen LogP contribution in [-0.2, 0) is 0 Å². The van der Waals surface area contributed by atoms with Gasteiger partial charge < -0.3 is 19.1 Å². The molecule has 2 aromatic heterocycles. The molecule has 1 aromatic carbocycles. The van der Waals surface area contributed by atoms with E-state index < -0.39 is 29.9 Å². The van der Waals surface area contributed by atoms with E-state index in [1.54, 1.807) is 0 Å². The maximum Gasteiger partial charge on any atom is 0.387 e. The maximum atomic E-state index is 14.1. The summed E-state index contributed by atoms with van der Waals surface area (Å²) in [5.41, 5.74) is 0.157. The lowest BCUT2D eigenvalue weighted by Crippen LogP contribution is -2.33. The first-order chi connectivity index (χ1) is 13.9. The zero-order valence-electron chi connectivity index (χ0n) is 14.6. The molecular formula is C18H13F4N3O4. The number of aromatic nitrogens is 3. The van der Waals surface area contributed by atoms with E-state index in [9.17, 15) is 17.6 Å². The van der Waals surface area contributed by atoms with Crippen LogP contribution in [0, 0.1) is 11.6 Å². The molecule has 29 heavy (non-hydrogen) atoms. The van der Waals surface area contributed by atoms with E-state index in [1.165, 1.54) is 18.5 Å². The van der Waals surface area contributed by atoms with Crippen molar-refractivity contribution in [2.75, 3.05) is 0 Å². The number of hydrogen-bond acceptors (Lipinski definition) is 7. The molecule has 1 N–H and O–H groups in total. The Labute approximate surface area is 160 Å². The molecule has 0 unspecified atom stereocenters. The molecule has 2 heterocycles. The lowest BCUT2D eigenvalue weighted by molar-refractivity contribution is -0.0502. The van der Waals surface area contributed by atoms with Gasteiger partial charge in [-0.1, -0.05) is 0 Å². The number of alkyl halides is 2. The van der Waals surface area contributed by atoms with Gasteiger partial charge in [0.25, 0.3) is 5.88 Å². The van der Waals surface area contributed by atoms with E-state index in [4.69, 9.17) is 14.4 Å². The second-order valence-electron chi connectivity index (χ2n) is 6.38. The Balaban J connectivity index is 1.37. The molecule has 1 aliphatic rings. The molecule has 1 aliphatic carbocycles. The largest absolute Gasteiger partial charge is 0.491 e. The maximum absolute atomic E-state index is 14.1. The molecular weight excluding hydrogens is 398 g/mol. The van der Waals surface area contributed by atoms with Crippen molar-refractivity contribution in [3.63, 3.8) is 0 Å². The third-order valence-corrected chi connectivity index (χ3v) is 4.45. The van der Waals surface area contributed by atoms with E-state index >= 15 is 0 Å². The summed E-state index contributed by atoms with van der Waals surface area (Å²) in [6.07, 6.45) is 3.03. The second kappa shape index (κ2) is 7.57. The lowest BCUT2D eigenvalue weighted by Gasteiger charge is -2.35. The van der Waals surface area contributed by atoms with Crippen molar-refractivity contribution in [2.24, 2.45) is 0 Å². The van der Waals surface area contributed by atoms with Crippen LogP contribution in [0.4, 0.5) is 17.6 Å². The number of benzene rings is 1. The Bertz CT molecular complexity index is 984. The highest BCUT2D eigenvalue weighted by Crippen LogP contribution is 2.42. The van der Waals surface area contributed by atoms with E-state index in [2.05, 4.69) is 19.9 Å². The molecule has 0 bridgehead atoms. The van der Waals surface area contributed by atoms with E-state index in [0.717, 1.165) is 12.1 Å². The SMILES string of the molecule is Oc1cc(-c2cnc(O[C@H]3C[C@@H](c4c(F)cc(OC(F)F)cc4F)C3)cn2)on1. The van der Waals surface area contributed by atoms with Crippen molar-refractivity contribution in [2.45, 2.75) is 31.5 Å². The van der Waals surface area contributed by atoms with Gasteiger partial charge in [-0.15, -0.1) is 0 Å². The van der Waals surface area contributed by atoms with Gasteiger partial charge in [0.1, 0.15) is 29.2 Å². The van der Waals surface area contributed by atoms with Crippen LogP contribution in [0.3, 0.4) is 0 Å². The normalized spacial score (nSPS) is 18.5. The highest BCUT2D eigenvalue weighted by atomic mass is 19.3. The Morgan fingerprint density at radius 2 is 1.79 bits per heavy atom. The van der Waals surface area contributed by atoms with Crippen LogP contribution in [0.25, 0.3) is 11.5 Å². The quantitative estimate of drug-likeness (QED) is 0.612. The summed E-state index contributed by atoms with van der Waals surface area (Å²) < 4.78 is 67.1. The fraction of sp³-hybridized carbons (Fsp3) is 0.278. The van der Waals surface area contributed by atoms with Gasteiger partial charge in [0.05, 0.1) is 18.5 Å². The minimum absolute atomic E-state index is 0.182. The van der Waals surface area contributed by atoms with Gasteiger partial charge in [-0.3, -0.25) is 0 Å². The predicted octanol–water partition coefficient (Wildman–Crippen LogP) is 4.04. The van der Waals surface area contributed by atoms with Crippen molar-refractivity contribution in [3.05, 3.63) is 47.8 Å². The average Bonchev–Trinajstić information content (AvgIpc) is 3.05. The molecule has 152 valence electrons. The molecule has 4 rings (SSSR count). The number of aromatic hydroxyl groups is 1. The number of hydrogen-bond donors (Lipinski definition) is 1. The molecule has 0 aliphatic heterocycles. The summed E-state index contributed by atoms with van der Waals surface area (Å²) in [5.74, 6) is -2.74. The van der Waals surface area contributed by atoms with Crippen molar-refractivity contribution >= 4 is 0 Å². The first-order valence-corrected chi connectivity index (χ1v) is 8.47. The summed E-state index contributed by atoms with van der Waals surface area (Å²) in [5, 5.41) is 12.5. The number of rotatable bonds is 6. The third-order valence-electron chi connectivity index (χ3n) is 4.45. The summed E-state index contributed by atoms with van der Waals surface area (Å²) in [6.45, 7) is -3.16. The zero-order valence-corrected chi connectivity index (χ0v) is 14.6. The first-order valence-electron chi connectivity index (χ1n) is 8.47. The highest BCUT2D eigenvalue weighted by Gasteiger charge is 2.36. The molecule has 0 radical (unpaired) electrons. The number of ether oxygens (including phenoxy) is 2. The Morgan fingerprint density at radius 3 is 2.34 bits per heavy atom. The monoisotopic (exact) mass is 411 g/mol. The van der Waals surface area contributed by atoms with Gasteiger partial charge in [0.2, 0.25) is 5.88 Å². The van der Waals surface area contributed by atoms with Crippen molar-refractivity contribution in [1.82, 2.24) is 15.1 Å². The van der Waals surface area contributed by atoms with Gasteiger partial charge in [0.15, 0.2) is 5.76 Å². The number of halogens is 4. The highest BCUT2D eigenvalue weighted by molar-refractivity contribution is 5.51. The summed E-state index contributed by atoms with van der Waals surface area (Å²) in [6, 6.07) is 2.76. The second-order valence-corrected chi connectivity index (χ2v) is 6.38. The Morgan fingerprint density at radius 1 is 1.07 bits per heavy atom. The molecule has 0 atom stereocenters.